The van der Waals surface area contributed by atoms with Gasteiger partial charge in [-0.1, -0.05) is 46.9 Å². The number of aliphatic hydroxyl groups excluding tert-OH is 1. The van der Waals surface area contributed by atoms with Gasteiger partial charge in [0.15, 0.2) is 0 Å². The van der Waals surface area contributed by atoms with Crippen molar-refractivity contribution in [3.8, 4) is 0 Å². The molecule has 1 rings (SSSR count). The lowest BCUT2D eigenvalue weighted by Crippen LogP contribution is -2.32. The highest BCUT2D eigenvalue weighted by atomic mass is 35.6. The normalized spacial score (nSPS) is 13.7. The third-order valence-corrected chi connectivity index (χ3v) is 2.65. The lowest BCUT2D eigenvalue weighted by atomic mass is 10.2. The minimum Gasteiger partial charge on any atom is -0.387 e. The molecular formula is C10H12Cl3NO. The van der Waals surface area contributed by atoms with E-state index in [4.69, 9.17) is 34.8 Å². The Morgan fingerprint density at radius 1 is 1.40 bits per heavy atom. The molecule has 0 aliphatic carbocycles. The summed E-state index contributed by atoms with van der Waals surface area (Å²) in [6.45, 7) is 2.18. The Kier molecular flexibility index (Phi) is 4.53. The summed E-state index contributed by atoms with van der Waals surface area (Å²) in [5.74, 6) is 0. The van der Waals surface area contributed by atoms with E-state index in [1.807, 2.05) is 31.2 Å². The van der Waals surface area contributed by atoms with Gasteiger partial charge in [-0.25, -0.2) is 0 Å². The van der Waals surface area contributed by atoms with Gasteiger partial charge in [-0.15, -0.1) is 0 Å². The van der Waals surface area contributed by atoms with Crippen LogP contribution in [-0.2, 0) is 0 Å². The van der Waals surface area contributed by atoms with Crippen molar-refractivity contribution in [1.29, 1.82) is 0 Å². The SMILES string of the molecule is Cc1cccc(NCC(O)C(Cl)(Cl)Cl)c1. The van der Waals surface area contributed by atoms with Gasteiger partial charge in [-0.3, -0.25) is 0 Å². The number of alkyl halides is 3. The summed E-state index contributed by atoms with van der Waals surface area (Å²) in [6.07, 6.45) is -1.04. The van der Waals surface area contributed by atoms with E-state index in [2.05, 4.69) is 5.32 Å². The van der Waals surface area contributed by atoms with Crippen molar-refractivity contribution in [2.45, 2.75) is 16.8 Å². The van der Waals surface area contributed by atoms with Crippen molar-refractivity contribution in [2.24, 2.45) is 0 Å². The van der Waals surface area contributed by atoms with Crippen LogP contribution in [0.25, 0.3) is 0 Å². The van der Waals surface area contributed by atoms with E-state index >= 15 is 0 Å². The van der Waals surface area contributed by atoms with E-state index < -0.39 is 9.90 Å². The van der Waals surface area contributed by atoms with Gasteiger partial charge in [0.05, 0.1) is 0 Å². The second kappa shape index (κ2) is 5.26. The molecule has 0 aromatic heterocycles. The molecule has 2 N–H and O–H groups in total. The average molecular weight is 269 g/mol. The van der Waals surface area contributed by atoms with Gasteiger partial charge in [-0.2, -0.15) is 0 Å². The van der Waals surface area contributed by atoms with E-state index in [0.717, 1.165) is 11.3 Å². The summed E-state index contributed by atoms with van der Waals surface area (Å²) < 4.78 is -1.66. The molecule has 1 aromatic rings. The molecule has 0 aliphatic rings. The maximum atomic E-state index is 9.46. The van der Waals surface area contributed by atoms with Crippen molar-refractivity contribution in [1.82, 2.24) is 0 Å². The fraction of sp³-hybridized carbons (Fsp3) is 0.400. The zero-order valence-electron chi connectivity index (χ0n) is 8.17. The van der Waals surface area contributed by atoms with E-state index in [1.165, 1.54) is 0 Å². The summed E-state index contributed by atoms with van der Waals surface area (Å²) >= 11 is 16.6. The predicted octanol–water partition coefficient (Wildman–Crippen LogP) is 3.14. The van der Waals surface area contributed by atoms with E-state index in [1.54, 1.807) is 0 Å². The first-order valence-corrected chi connectivity index (χ1v) is 5.58. The van der Waals surface area contributed by atoms with Crippen LogP contribution in [0.5, 0.6) is 0 Å². The first-order chi connectivity index (χ1) is 6.89. The molecule has 0 fully saturated rings. The Labute approximate surface area is 104 Å². The monoisotopic (exact) mass is 267 g/mol. The molecule has 2 nitrogen and oxygen atoms in total. The molecule has 0 amide bonds. The highest BCUT2D eigenvalue weighted by molar-refractivity contribution is 6.68. The zero-order valence-corrected chi connectivity index (χ0v) is 10.4. The second-order valence-electron chi connectivity index (χ2n) is 3.31. The number of rotatable bonds is 3. The Morgan fingerprint density at radius 2 is 2.07 bits per heavy atom. The summed E-state index contributed by atoms with van der Waals surface area (Å²) in [7, 11) is 0. The molecule has 84 valence electrons. The molecule has 0 saturated carbocycles. The molecule has 0 saturated heterocycles. The number of nitrogens with one attached hydrogen (secondary N) is 1. The first-order valence-electron chi connectivity index (χ1n) is 4.45. The molecule has 0 aliphatic heterocycles. The Bertz CT molecular complexity index is 325. The fourth-order valence-electron chi connectivity index (χ4n) is 1.09. The van der Waals surface area contributed by atoms with Gasteiger partial charge in [-0.05, 0) is 24.6 Å². The van der Waals surface area contributed by atoms with E-state index in [-0.39, 0.29) is 6.54 Å². The van der Waals surface area contributed by atoms with Crippen LogP contribution in [0.15, 0.2) is 24.3 Å². The Hall–Kier alpha value is -0.150. The quantitative estimate of drug-likeness (QED) is 0.826. The molecule has 15 heavy (non-hydrogen) atoms. The van der Waals surface area contributed by atoms with Crippen molar-refractivity contribution < 1.29 is 5.11 Å². The minimum absolute atomic E-state index is 0.194. The molecule has 1 unspecified atom stereocenters. The smallest absolute Gasteiger partial charge is 0.217 e. The van der Waals surface area contributed by atoms with Gasteiger partial charge < -0.3 is 10.4 Å². The third-order valence-electron chi connectivity index (χ3n) is 1.90. The van der Waals surface area contributed by atoms with Crippen molar-refractivity contribution in [3.05, 3.63) is 29.8 Å². The topological polar surface area (TPSA) is 32.3 Å². The molecular weight excluding hydrogens is 256 g/mol. The molecule has 0 radical (unpaired) electrons. The number of anilines is 1. The second-order valence-corrected chi connectivity index (χ2v) is 5.68. The predicted molar refractivity (Wildman–Crippen MR) is 66.0 cm³/mol. The zero-order chi connectivity index (χ0) is 11.5. The number of benzene rings is 1. The van der Waals surface area contributed by atoms with Crippen molar-refractivity contribution in [2.75, 3.05) is 11.9 Å². The number of aliphatic hydroxyl groups is 1. The van der Waals surface area contributed by atoms with Crippen LogP contribution in [0.2, 0.25) is 0 Å². The standard InChI is InChI=1S/C10H12Cl3NO/c1-7-3-2-4-8(5-7)14-6-9(15)10(11,12)13/h2-5,9,14-15H,6H2,1H3. The van der Waals surface area contributed by atoms with Crippen LogP contribution < -0.4 is 5.32 Å². The highest BCUT2D eigenvalue weighted by Gasteiger charge is 2.30. The van der Waals surface area contributed by atoms with Gasteiger partial charge in [0.25, 0.3) is 0 Å². The Balaban J connectivity index is 2.51. The lowest BCUT2D eigenvalue weighted by Gasteiger charge is -2.19. The number of hydrogen-bond donors (Lipinski definition) is 2. The van der Waals surface area contributed by atoms with Crippen molar-refractivity contribution >= 4 is 40.5 Å². The summed E-state index contributed by atoms with van der Waals surface area (Å²) in [6, 6.07) is 7.74. The summed E-state index contributed by atoms with van der Waals surface area (Å²) in [5, 5.41) is 12.4. The van der Waals surface area contributed by atoms with Gasteiger partial charge >= 0.3 is 0 Å². The highest BCUT2D eigenvalue weighted by Crippen LogP contribution is 2.30. The van der Waals surface area contributed by atoms with Crippen LogP contribution in [0.1, 0.15) is 5.56 Å². The molecule has 0 spiro atoms. The van der Waals surface area contributed by atoms with Gasteiger partial charge in [0.1, 0.15) is 6.10 Å². The van der Waals surface area contributed by atoms with Crippen LogP contribution >= 0.6 is 34.8 Å². The fourth-order valence-corrected chi connectivity index (χ4v) is 1.32. The minimum atomic E-state index is -1.66. The van der Waals surface area contributed by atoms with Crippen molar-refractivity contribution in [3.63, 3.8) is 0 Å². The number of aryl methyl sites for hydroxylation is 1. The lowest BCUT2D eigenvalue weighted by molar-refractivity contribution is 0.192. The molecule has 0 bridgehead atoms. The number of hydrogen-bond acceptors (Lipinski definition) is 2. The number of halogens is 3. The maximum Gasteiger partial charge on any atom is 0.217 e. The molecule has 1 aromatic carbocycles. The van der Waals surface area contributed by atoms with Gasteiger partial charge in [0.2, 0.25) is 3.79 Å². The summed E-state index contributed by atoms with van der Waals surface area (Å²) in [4.78, 5) is 0. The van der Waals surface area contributed by atoms with Crippen LogP contribution in [0, 0.1) is 6.92 Å². The van der Waals surface area contributed by atoms with Crippen LogP contribution in [0.3, 0.4) is 0 Å². The molecule has 1 atom stereocenters. The first kappa shape index (κ1) is 12.9. The third kappa shape index (κ3) is 4.47. The molecule has 5 heteroatoms. The average Bonchev–Trinajstić information content (AvgIpc) is 2.12. The van der Waals surface area contributed by atoms with Crippen LogP contribution in [0.4, 0.5) is 5.69 Å². The van der Waals surface area contributed by atoms with Crippen LogP contribution in [-0.4, -0.2) is 21.5 Å². The molecule has 0 heterocycles. The summed E-state index contributed by atoms with van der Waals surface area (Å²) in [5.41, 5.74) is 2.02. The van der Waals surface area contributed by atoms with E-state index in [9.17, 15) is 5.11 Å². The van der Waals surface area contributed by atoms with E-state index in [0.29, 0.717) is 0 Å². The largest absolute Gasteiger partial charge is 0.387 e. The maximum absolute atomic E-state index is 9.46. The Morgan fingerprint density at radius 3 is 2.60 bits per heavy atom. The van der Waals surface area contributed by atoms with Gasteiger partial charge in [0, 0.05) is 12.2 Å².